The largest absolute Gasteiger partial charge is 0.463 e. The normalized spacial score (nSPS) is 18.9. The van der Waals surface area contributed by atoms with Crippen LogP contribution in [0.2, 0.25) is 0 Å². The van der Waals surface area contributed by atoms with E-state index in [0.29, 0.717) is 16.2 Å². The van der Waals surface area contributed by atoms with Crippen molar-refractivity contribution in [3.05, 3.63) is 22.0 Å². The van der Waals surface area contributed by atoms with E-state index in [9.17, 15) is 9.59 Å². The molecule has 0 aromatic heterocycles. The number of nitrogens with two attached hydrogens (primary N) is 1. The molecule has 94 valence electrons. The first-order valence-electron chi connectivity index (χ1n) is 5.41. The molecule has 2 N–H and O–H groups in total. The number of terminal acetylenes is 1. The van der Waals surface area contributed by atoms with Gasteiger partial charge in [0.25, 0.3) is 0 Å². The van der Waals surface area contributed by atoms with Crippen molar-refractivity contribution in [3.63, 3.8) is 0 Å². The summed E-state index contributed by atoms with van der Waals surface area (Å²) in [6, 6.07) is 0. The molecule has 0 bridgehead atoms. The van der Waals surface area contributed by atoms with Gasteiger partial charge in [-0.25, -0.2) is 4.79 Å². The first-order chi connectivity index (χ1) is 8.60. The second kappa shape index (κ2) is 4.78. The van der Waals surface area contributed by atoms with Crippen molar-refractivity contribution >= 4 is 23.6 Å². The van der Waals surface area contributed by atoms with E-state index in [1.807, 2.05) is 0 Å². The quantitative estimate of drug-likeness (QED) is 0.582. The molecule has 2 aliphatic rings. The molecule has 2 aliphatic heterocycles. The summed E-state index contributed by atoms with van der Waals surface area (Å²) in [5.74, 6) is 2.32. The van der Waals surface area contributed by atoms with Crippen LogP contribution in [0, 0.1) is 12.3 Å². The van der Waals surface area contributed by atoms with Crippen LogP contribution in [0.4, 0.5) is 0 Å². The Morgan fingerprint density at radius 2 is 2.39 bits per heavy atom. The molecule has 0 aromatic carbocycles. The predicted octanol–water partition coefficient (Wildman–Crippen LogP) is 0.544. The highest BCUT2D eigenvalue weighted by Crippen LogP contribution is 2.40. The molecule has 0 radical (unpaired) electrons. The number of carbonyl (C=O) groups is 2. The lowest BCUT2D eigenvalue weighted by atomic mass is 10.0. The predicted molar refractivity (Wildman–Crippen MR) is 67.6 cm³/mol. The van der Waals surface area contributed by atoms with Gasteiger partial charge >= 0.3 is 5.97 Å². The highest BCUT2D eigenvalue weighted by Gasteiger charge is 2.38. The van der Waals surface area contributed by atoms with Crippen LogP contribution < -0.4 is 5.73 Å². The van der Waals surface area contributed by atoms with Crippen molar-refractivity contribution in [2.45, 2.75) is 13.3 Å². The SMILES string of the molecule is C#CC1=C(N)N2C(=O)CSC2=C(C(=O)OCC)C1. The molecule has 1 fully saturated rings. The van der Waals surface area contributed by atoms with E-state index >= 15 is 0 Å². The van der Waals surface area contributed by atoms with Crippen LogP contribution >= 0.6 is 11.8 Å². The van der Waals surface area contributed by atoms with Crippen molar-refractivity contribution in [1.82, 2.24) is 4.90 Å². The maximum absolute atomic E-state index is 11.9. The van der Waals surface area contributed by atoms with Gasteiger partial charge in [-0.3, -0.25) is 9.69 Å². The maximum atomic E-state index is 11.9. The molecule has 6 heteroatoms. The Balaban J connectivity index is 2.45. The summed E-state index contributed by atoms with van der Waals surface area (Å²) in [7, 11) is 0. The Morgan fingerprint density at radius 1 is 1.67 bits per heavy atom. The minimum atomic E-state index is -0.444. The first-order valence-corrected chi connectivity index (χ1v) is 6.40. The van der Waals surface area contributed by atoms with Gasteiger partial charge in [-0.2, -0.15) is 0 Å². The zero-order valence-corrected chi connectivity index (χ0v) is 10.7. The minimum absolute atomic E-state index is 0.165. The molecule has 0 atom stereocenters. The van der Waals surface area contributed by atoms with Crippen molar-refractivity contribution in [2.75, 3.05) is 12.4 Å². The number of amides is 1. The number of carbonyl (C=O) groups excluding carboxylic acids is 2. The Morgan fingerprint density at radius 3 is 3.00 bits per heavy atom. The van der Waals surface area contributed by atoms with Gasteiger partial charge in [0, 0.05) is 12.0 Å². The summed E-state index contributed by atoms with van der Waals surface area (Å²) in [5.41, 5.74) is 6.70. The average molecular weight is 264 g/mol. The smallest absolute Gasteiger partial charge is 0.337 e. The van der Waals surface area contributed by atoms with Gasteiger partial charge in [-0.05, 0) is 6.92 Å². The number of esters is 1. The van der Waals surface area contributed by atoms with Crippen molar-refractivity contribution in [1.29, 1.82) is 0 Å². The van der Waals surface area contributed by atoms with Gasteiger partial charge in [-0.1, -0.05) is 17.7 Å². The Bertz CT molecular complexity index is 528. The summed E-state index contributed by atoms with van der Waals surface area (Å²) in [6.07, 6.45) is 5.59. The lowest BCUT2D eigenvalue weighted by molar-refractivity contribution is -0.138. The monoisotopic (exact) mass is 264 g/mol. The fraction of sp³-hybridized carbons (Fsp3) is 0.333. The molecule has 2 rings (SSSR count). The van der Waals surface area contributed by atoms with Crippen LogP contribution in [0.1, 0.15) is 13.3 Å². The lowest BCUT2D eigenvalue weighted by Gasteiger charge is -2.26. The van der Waals surface area contributed by atoms with Crippen LogP contribution in [-0.2, 0) is 14.3 Å². The van der Waals surface area contributed by atoms with Gasteiger partial charge in [0.15, 0.2) is 0 Å². The van der Waals surface area contributed by atoms with Gasteiger partial charge in [-0.15, -0.1) is 6.42 Å². The topological polar surface area (TPSA) is 72.6 Å². The van der Waals surface area contributed by atoms with E-state index in [4.69, 9.17) is 16.9 Å². The Kier molecular flexibility index (Phi) is 3.34. The van der Waals surface area contributed by atoms with Gasteiger partial charge in [0.1, 0.15) is 5.82 Å². The van der Waals surface area contributed by atoms with Crippen molar-refractivity contribution in [3.8, 4) is 12.3 Å². The van der Waals surface area contributed by atoms with Crippen LogP contribution in [0.3, 0.4) is 0 Å². The number of allylic oxidation sites excluding steroid dienone is 1. The van der Waals surface area contributed by atoms with Crippen LogP contribution in [0.25, 0.3) is 0 Å². The second-order valence-corrected chi connectivity index (χ2v) is 4.67. The average Bonchev–Trinajstić information content (AvgIpc) is 2.73. The van der Waals surface area contributed by atoms with E-state index < -0.39 is 5.97 Å². The third kappa shape index (κ3) is 1.87. The highest BCUT2D eigenvalue weighted by atomic mass is 32.2. The Labute approximate surface area is 109 Å². The summed E-state index contributed by atoms with van der Waals surface area (Å²) < 4.78 is 4.97. The summed E-state index contributed by atoms with van der Waals surface area (Å²) in [6.45, 7) is 2.00. The van der Waals surface area contributed by atoms with E-state index in [1.165, 1.54) is 16.7 Å². The minimum Gasteiger partial charge on any atom is -0.463 e. The van der Waals surface area contributed by atoms with E-state index in [0.717, 1.165) is 0 Å². The summed E-state index contributed by atoms with van der Waals surface area (Å²) in [5, 5.41) is 0.551. The van der Waals surface area contributed by atoms with Gasteiger partial charge in [0.2, 0.25) is 5.91 Å². The summed E-state index contributed by atoms with van der Waals surface area (Å²) in [4.78, 5) is 24.9. The number of hydrogen-bond acceptors (Lipinski definition) is 5. The molecule has 5 nitrogen and oxygen atoms in total. The number of fused-ring (bicyclic) bond motifs is 1. The van der Waals surface area contributed by atoms with Crippen LogP contribution in [0.5, 0.6) is 0 Å². The number of hydrogen-bond donors (Lipinski definition) is 1. The molecule has 2 heterocycles. The molecule has 18 heavy (non-hydrogen) atoms. The molecular formula is C12H12N2O3S. The summed E-state index contributed by atoms with van der Waals surface area (Å²) >= 11 is 1.29. The molecule has 0 saturated carbocycles. The fourth-order valence-corrected chi connectivity index (χ4v) is 2.87. The number of ether oxygens (including phenoxy) is 1. The van der Waals surface area contributed by atoms with E-state index in [1.54, 1.807) is 6.92 Å². The zero-order chi connectivity index (χ0) is 13.3. The second-order valence-electron chi connectivity index (χ2n) is 3.71. The van der Waals surface area contributed by atoms with Gasteiger partial charge < -0.3 is 10.5 Å². The molecule has 0 unspecified atom stereocenters. The van der Waals surface area contributed by atoms with Crippen LogP contribution in [-0.4, -0.2) is 29.1 Å². The molecule has 1 saturated heterocycles. The lowest BCUT2D eigenvalue weighted by Crippen LogP contribution is -2.34. The van der Waals surface area contributed by atoms with Crippen molar-refractivity contribution < 1.29 is 14.3 Å². The Hall–Kier alpha value is -1.87. The number of nitrogens with zero attached hydrogens (tertiary/aromatic N) is 1. The van der Waals surface area contributed by atoms with Gasteiger partial charge in [0.05, 0.1) is 23.0 Å². The van der Waals surface area contributed by atoms with E-state index in [-0.39, 0.29) is 30.5 Å². The fourth-order valence-electron chi connectivity index (χ4n) is 1.82. The van der Waals surface area contributed by atoms with Crippen molar-refractivity contribution in [2.24, 2.45) is 5.73 Å². The number of thioether (sulfide) groups is 1. The molecule has 0 aromatic rings. The molecule has 0 spiro atoms. The standard InChI is InChI=1S/C12H12N2O3S/c1-3-7-5-8(12(16)17-4-2)11-14(10(7)13)9(15)6-18-11/h1H,4-6,13H2,2H3. The third-order valence-corrected chi connectivity index (χ3v) is 3.74. The molecule has 0 aliphatic carbocycles. The first kappa shape index (κ1) is 12.6. The maximum Gasteiger partial charge on any atom is 0.337 e. The molecular weight excluding hydrogens is 252 g/mol. The third-order valence-electron chi connectivity index (χ3n) is 2.64. The zero-order valence-electron chi connectivity index (χ0n) is 9.86. The van der Waals surface area contributed by atoms with E-state index in [2.05, 4.69) is 5.92 Å². The molecule has 1 amide bonds. The highest BCUT2D eigenvalue weighted by molar-refractivity contribution is 8.04. The number of rotatable bonds is 2. The van der Waals surface area contributed by atoms with Crippen LogP contribution in [0.15, 0.2) is 22.0 Å².